The lowest BCUT2D eigenvalue weighted by Crippen LogP contribution is -2.31. The second-order valence-corrected chi connectivity index (χ2v) is 8.70. The van der Waals surface area contributed by atoms with Gasteiger partial charge in [0.1, 0.15) is 0 Å². The molecule has 0 aromatic heterocycles. The Morgan fingerprint density at radius 2 is 1.67 bits per heavy atom. The molecule has 1 fully saturated rings. The van der Waals surface area contributed by atoms with Crippen molar-refractivity contribution in [3.63, 3.8) is 0 Å². The molecule has 2 aromatic carbocycles. The van der Waals surface area contributed by atoms with Gasteiger partial charge in [0.15, 0.2) is 0 Å². The van der Waals surface area contributed by atoms with Crippen LogP contribution < -0.4 is 0 Å². The summed E-state index contributed by atoms with van der Waals surface area (Å²) in [5.74, 6) is 0.317. The van der Waals surface area contributed by atoms with E-state index in [0.717, 1.165) is 13.0 Å². The number of likely N-dealkylation sites (tertiary alicyclic amines) is 1. The van der Waals surface area contributed by atoms with Gasteiger partial charge in [-0.1, -0.05) is 44.2 Å². The second kappa shape index (κ2) is 8.23. The molecule has 1 amide bonds. The fourth-order valence-corrected chi connectivity index (χ4v) is 5.06. The number of sulfonamides is 1. The Morgan fingerprint density at radius 3 is 2.26 bits per heavy atom. The topological polar surface area (TPSA) is 57.7 Å². The first-order valence-electron chi connectivity index (χ1n) is 9.41. The fraction of sp³-hybridized carbons (Fsp3) is 0.381. The van der Waals surface area contributed by atoms with Crippen molar-refractivity contribution in [2.45, 2.75) is 31.1 Å². The van der Waals surface area contributed by atoms with Crippen LogP contribution in [0.2, 0.25) is 0 Å². The largest absolute Gasteiger partial charge is 0.338 e. The molecule has 2 aromatic rings. The number of nitrogens with zero attached hydrogens (tertiary/aromatic N) is 2. The van der Waals surface area contributed by atoms with Gasteiger partial charge in [0.05, 0.1) is 4.90 Å². The molecule has 0 radical (unpaired) electrons. The molecule has 1 aliphatic heterocycles. The number of hydrogen-bond donors (Lipinski definition) is 0. The van der Waals surface area contributed by atoms with Gasteiger partial charge in [0, 0.05) is 37.7 Å². The highest BCUT2D eigenvalue weighted by Gasteiger charge is 2.28. The molecule has 1 unspecified atom stereocenters. The molecule has 0 N–H and O–H groups in total. The first kappa shape index (κ1) is 19.6. The van der Waals surface area contributed by atoms with Gasteiger partial charge >= 0.3 is 0 Å². The average Bonchev–Trinajstić information content (AvgIpc) is 3.19. The summed E-state index contributed by atoms with van der Waals surface area (Å²) in [7, 11) is -3.50. The maximum atomic E-state index is 12.8. The molecule has 0 spiro atoms. The van der Waals surface area contributed by atoms with Crippen LogP contribution in [0.25, 0.3) is 0 Å². The van der Waals surface area contributed by atoms with Crippen LogP contribution in [0.5, 0.6) is 0 Å². The molecule has 5 nitrogen and oxygen atoms in total. The molecule has 3 rings (SSSR count). The third-order valence-electron chi connectivity index (χ3n) is 5.19. The van der Waals surface area contributed by atoms with E-state index < -0.39 is 10.0 Å². The van der Waals surface area contributed by atoms with E-state index in [-0.39, 0.29) is 10.8 Å². The van der Waals surface area contributed by atoms with Crippen molar-refractivity contribution in [2.75, 3.05) is 26.2 Å². The lowest BCUT2D eigenvalue weighted by Gasteiger charge is -2.19. The zero-order chi connectivity index (χ0) is 19.4. The van der Waals surface area contributed by atoms with Crippen LogP contribution in [-0.2, 0) is 10.0 Å². The number of carbonyl (C=O) groups is 1. The van der Waals surface area contributed by atoms with Gasteiger partial charge in [0.25, 0.3) is 5.91 Å². The molecular weight excluding hydrogens is 360 g/mol. The Labute approximate surface area is 161 Å². The van der Waals surface area contributed by atoms with E-state index in [4.69, 9.17) is 0 Å². The predicted octanol–water partition coefficient (Wildman–Crippen LogP) is 3.35. The number of rotatable bonds is 6. The van der Waals surface area contributed by atoms with E-state index in [0.29, 0.717) is 31.1 Å². The highest BCUT2D eigenvalue weighted by Crippen LogP contribution is 2.28. The fourth-order valence-electron chi connectivity index (χ4n) is 3.61. The Bertz CT molecular complexity index is 875. The summed E-state index contributed by atoms with van der Waals surface area (Å²) in [6, 6.07) is 16.6. The molecular formula is C21H26N2O3S. The molecule has 0 bridgehead atoms. The standard InChI is InChI=1S/C21H26N2O3S/c1-3-23(4-2)27(25,26)20-12-10-18(11-13-20)21(24)22-15-14-19(16-22)17-8-6-5-7-9-17/h5-13,19H,3-4,14-16H2,1-2H3. The molecule has 144 valence electrons. The lowest BCUT2D eigenvalue weighted by molar-refractivity contribution is 0.0790. The van der Waals surface area contributed by atoms with E-state index >= 15 is 0 Å². The number of amides is 1. The van der Waals surface area contributed by atoms with Gasteiger partial charge in [-0.3, -0.25) is 4.79 Å². The predicted molar refractivity (Wildman–Crippen MR) is 106 cm³/mol. The van der Waals surface area contributed by atoms with Crippen molar-refractivity contribution in [3.05, 3.63) is 65.7 Å². The summed E-state index contributed by atoms with van der Waals surface area (Å²) in [6.45, 7) is 5.90. The number of hydrogen-bond acceptors (Lipinski definition) is 3. The lowest BCUT2D eigenvalue weighted by atomic mass is 9.99. The molecule has 1 saturated heterocycles. The normalized spacial score (nSPS) is 17.4. The zero-order valence-electron chi connectivity index (χ0n) is 15.8. The van der Waals surface area contributed by atoms with Gasteiger partial charge < -0.3 is 4.90 Å². The van der Waals surface area contributed by atoms with Crippen molar-refractivity contribution in [3.8, 4) is 0 Å². The van der Waals surface area contributed by atoms with Crippen LogP contribution in [0.3, 0.4) is 0 Å². The van der Waals surface area contributed by atoms with Crippen LogP contribution >= 0.6 is 0 Å². The van der Waals surface area contributed by atoms with Crippen molar-refractivity contribution in [1.82, 2.24) is 9.21 Å². The van der Waals surface area contributed by atoms with Crippen molar-refractivity contribution in [2.24, 2.45) is 0 Å². The van der Waals surface area contributed by atoms with Crippen molar-refractivity contribution >= 4 is 15.9 Å². The minimum atomic E-state index is -3.50. The van der Waals surface area contributed by atoms with Crippen LogP contribution in [-0.4, -0.2) is 49.7 Å². The summed E-state index contributed by atoms with van der Waals surface area (Å²) >= 11 is 0. The summed E-state index contributed by atoms with van der Waals surface area (Å²) in [4.78, 5) is 14.9. The van der Waals surface area contributed by atoms with E-state index in [9.17, 15) is 13.2 Å². The van der Waals surface area contributed by atoms with Crippen LogP contribution in [0, 0.1) is 0 Å². The Balaban J connectivity index is 1.71. The van der Waals surface area contributed by atoms with Crippen LogP contribution in [0.4, 0.5) is 0 Å². The zero-order valence-corrected chi connectivity index (χ0v) is 16.7. The average molecular weight is 387 g/mol. The third-order valence-corrected chi connectivity index (χ3v) is 7.26. The molecule has 27 heavy (non-hydrogen) atoms. The van der Waals surface area contributed by atoms with Crippen molar-refractivity contribution in [1.29, 1.82) is 0 Å². The highest BCUT2D eigenvalue weighted by molar-refractivity contribution is 7.89. The summed E-state index contributed by atoms with van der Waals surface area (Å²) in [5.41, 5.74) is 1.79. The summed E-state index contributed by atoms with van der Waals surface area (Å²) in [6.07, 6.45) is 0.949. The first-order valence-corrected chi connectivity index (χ1v) is 10.9. The quantitative estimate of drug-likeness (QED) is 0.765. The van der Waals surface area contributed by atoms with E-state index in [1.165, 1.54) is 22.0 Å². The van der Waals surface area contributed by atoms with Gasteiger partial charge in [-0.15, -0.1) is 0 Å². The van der Waals surface area contributed by atoms with Crippen LogP contribution in [0.15, 0.2) is 59.5 Å². The van der Waals surface area contributed by atoms with E-state index in [1.54, 1.807) is 12.1 Å². The van der Waals surface area contributed by atoms with Crippen molar-refractivity contribution < 1.29 is 13.2 Å². The molecule has 0 saturated carbocycles. The summed E-state index contributed by atoms with van der Waals surface area (Å²) < 4.78 is 26.5. The first-order chi connectivity index (χ1) is 13.0. The van der Waals surface area contributed by atoms with Crippen LogP contribution in [0.1, 0.15) is 42.1 Å². The Hall–Kier alpha value is -2.18. The minimum Gasteiger partial charge on any atom is -0.338 e. The van der Waals surface area contributed by atoms with Gasteiger partial charge in [-0.05, 0) is 36.2 Å². The monoisotopic (exact) mass is 386 g/mol. The van der Waals surface area contributed by atoms with Gasteiger partial charge in [-0.2, -0.15) is 4.31 Å². The Morgan fingerprint density at radius 1 is 1.04 bits per heavy atom. The third kappa shape index (κ3) is 4.06. The highest BCUT2D eigenvalue weighted by atomic mass is 32.2. The molecule has 1 atom stereocenters. The summed E-state index contributed by atoms with van der Waals surface area (Å²) in [5, 5.41) is 0. The molecule has 1 aliphatic rings. The van der Waals surface area contributed by atoms with Gasteiger partial charge in [-0.25, -0.2) is 8.42 Å². The second-order valence-electron chi connectivity index (χ2n) is 6.76. The maximum Gasteiger partial charge on any atom is 0.253 e. The maximum absolute atomic E-state index is 12.8. The minimum absolute atomic E-state index is 0.0415. The Kier molecular flexibility index (Phi) is 5.97. The van der Waals surface area contributed by atoms with E-state index in [1.807, 2.05) is 36.9 Å². The van der Waals surface area contributed by atoms with E-state index in [2.05, 4.69) is 12.1 Å². The molecule has 0 aliphatic carbocycles. The smallest absolute Gasteiger partial charge is 0.253 e. The number of benzene rings is 2. The SMILES string of the molecule is CCN(CC)S(=O)(=O)c1ccc(C(=O)N2CCC(c3ccccc3)C2)cc1. The molecule has 1 heterocycles. The molecule has 6 heteroatoms. The van der Waals surface area contributed by atoms with Gasteiger partial charge in [0.2, 0.25) is 10.0 Å². The number of carbonyl (C=O) groups excluding carboxylic acids is 1.